The third-order valence-corrected chi connectivity index (χ3v) is 7.49. The number of carbonyl (C=O) groups is 2. The maximum absolute atomic E-state index is 13.0. The predicted octanol–water partition coefficient (Wildman–Crippen LogP) is 4.95. The first kappa shape index (κ1) is 20.0. The van der Waals surface area contributed by atoms with Crippen LogP contribution in [0.3, 0.4) is 0 Å². The summed E-state index contributed by atoms with van der Waals surface area (Å²) in [4.78, 5) is 23.6. The Labute approximate surface area is 174 Å². The van der Waals surface area contributed by atoms with Crippen molar-refractivity contribution in [1.29, 1.82) is 0 Å². The first-order valence-electron chi connectivity index (χ1n) is 10.4. The standard InChI is InChI=1S/C23H27NO4S/c25-16-9-10-20-18(12-16)19(13-29-20)23(28)24-22-15-8-7-14(11-15)17(22)5-3-1-2-4-6-21(26)27/h1,3,9-10,12-15,17,22,25H,2,4-8,11H2,(H,24,28)(H,26,27)/b3-1-/t14-,15?,17?,22?/m1/s1. The molecular formula is C23H27NO4S. The quantitative estimate of drug-likeness (QED) is 0.422. The molecule has 1 aromatic carbocycles. The lowest BCUT2D eigenvalue weighted by atomic mass is 9.82. The second kappa shape index (κ2) is 8.57. The topological polar surface area (TPSA) is 86.6 Å². The molecule has 0 aliphatic heterocycles. The maximum Gasteiger partial charge on any atom is 0.303 e. The minimum absolute atomic E-state index is 0.0464. The number of hydrogen-bond acceptors (Lipinski definition) is 4. The molecule has 29 heavy (non-hydrogen) atoms. The minimum Gasteiger partial charge on any atom is -0.508 e. The summed E-state index contributed by atoms with van der Waals surface area (Å²) in [6.07, 6.45) is 10.5. The van der Waals surface area contributed by atoms with Crippen LogP contribution in [0.15, 0.2) is 35.7 Å². The van der Waals surface area contributed by atoms with Crippen LogP contribution in [0.2, 0.25) is 0 Å². The molecule has 0 radical (unpaired) electrons. The van der Waals surface area contributed by atoms with E-state index < -0.39 is 5.97 Å². The fourth-order valence-electron chi connectivity index (χ4n) is 5.14. The Hall–Kier alpha value is -2.34. The fourth-order valence-corrected chi connectivity index (χ4v) is 6.06. The van der Waals surface area contributed by atoms with E-state index >= 15 is 0 Å². The molecule has 1 amide bonds. The summed E-state index contributed by atoms with van der Waals surface area (Å²) in [5, 5.41) is 24.5. The van der Waals surface area contributed by atoms with E-state index in [9.17, 15) is 14.7 Å². The molecule has 0 spiro atoms. The van der Waals surface area contributed by atoms with Crippen molar-refractivity contribution in [3.63, 3.8) is 0 Å². The second-order valence-corrected chi connectivity index (χ2v) is 9.23. The van der Waals surface area contributed by atoms with E-state index in [0.29, 0.717) is 29.7 Å². The van der Waals surface area contributed by atoms with E-state index in [-0.39, 0.29) is 24.1 Å². The van der Waals surface area contributed by atoms with Gasteiger partial charge >= 0.3 is 5.97 Å². The van der Waals surface area contributed by atoms with Crippen LogP contribution in [0.1, 0.15) is 55.3 Å². The zero-order chi connectivity index (χ0) is 20.4. The summed E-state index contributed by atoms with van der Waals surface area (Å²) in [5.41, 5.74) is 0.645. The van der Waals surface area contributed by atoms with E-state index in [1.54, 1.807) is 12.1 Å². The highest BCUT2D eigenvalue weighted by Crippen LogP contribution is 2.50. The molecule has 154 valence electrons. The summed E-state index contributed by atoms with van der Waals surface area (Å²) < 4.78 is 1.00. The van der Waals surface area contributed by atoms with Crippen molar-refractivity contribution in [2.24, 2.45) is 17.8 Å². The lowest BCUT2D eigenvalue weighted by molar-refractivity contribution is -0.137. The second-order valence-electron chi connectivity index (χ2n) is 8.32. The number of rotatable bonds is 8. The van der Waals surface area contributed by atoms with Gasteiger partial charge in [-0.3, -0.25) is 9.59 Å². The number of aliphatic carboxylic acids is 1. The first-order chi connectivity index (χ1) is 14.0. The Balaban J connectivity index is 1.41. The number of benzene rings is 1. The lowest BCUT2D eigenvalue weighted by Gasteiger charge is -2.31. The molecule has 1 heterocycles. The van der Waals surface area contributed by atoms with Crippen LogP contribution in [0.4, 0.5) is 0 Å². The molecule has 4 rings (SSSR count). The third kappa shape index (κ3) is 4.32. The van der Waals surface area contributed by atoms with Crippen LogP contribution < -0.4 is 5.32 Å². The third-order valence-electron chi connectivity index (χ3n) is 6.52. The van der Waals surface area contributed by atoms with Gasteiger partial charge in [0.1, 0.15) is 5.75 Å². The minimum atomic E-state index is -0.747. The van der Waals surface area contributed by atoms with Crippen molar-refractivity contribution in [1.82, 2.24) is 5.32 Å². The molecule has 2 saturated carbocycles. The van der Waals surface area contributed by atoms with Gasteiger partial charge in [-0.25, -0.2) is 0 Å². The normalized spacial score (nSPS) is 25.8. The van der Waals surface area contributed by atoms with Gasteiger partial charge in [0, 0.05) is 27.9 Å². The molecule has 4 atom stereocenters. The molecule has 6 heteroatoms. The molecule has 2 bridgehead atoms. The number of fused-ring (bicyclic) bond motifs is 3. The van der Waals surface area contributed by atoms with Gasteiger partial charge in [-0.1, -0.05) is 12.2 Å². The highest BCUT2D eigenvalue weighted by molar-refractivity contribution is 7.17. The first-order valence-corrected chi connectivity index (χ1v) is 11.3. The maximum atomic E-state index is 13.0. The van der Waals surface area contributed by atoms with Crippen LogP contribution in [-0.4, -0.2) is 28.1 Å². The molecule has 3 unspecified atom stereocenters. The monoisotopic (exact) mass is 413 g/mol. The van der Waals surface area contributed by atoms with Gasteiger partial charge in [-0.15, -0.1) is 11.3 Å². The van der Waals surface area contributed by atoms with Gasteiger partial charge < -0.3 is 15.5 Å². The van der Waals surface area contributed by atoms with Crippen molar-refractivity contribution < 1.29 is 19.8 Å². The van der Waals surface area contributed by atoms with Crippen LogP contribution >= 0.6 is 11.3 Å². The number of hydrogen-bond donors (Lipinski definition) is 3. The number of aromatic hydroxyl groups is 1. The van der Waals surface area contributed by atoms with E-state index in [0.717, 1.165) is 22.9 Å². The van der Waals surface area contributed by atoms with E-state index in [1.807, 2.05) is 11.4 Å². The van der Waals surface area contributed by atoms with Gasteiger partial charge in [-0.2, -0.15) is 0 Å². The highest BCUT2D eigenvalue weighted by atomic mass is 32.1. The Bertz CT molecular complexity index is 934. The number of amides is 1. The van der Waals surface area contributed by atoms with Gasteiger partial charge in [-0.05, 0) is 74.5 Å². The number of nitrogens with one attached hydrogen (secondary N) is 1. The van der Waals surface area contributed by atoms with Crippen molar-refractivity contribution in [2.45, 2.75) is 51.0 Å². The molecular weight excluding hydrogens is 386 g/mol. The van der Waals surface area contributed by atoms with Gasteiger partial charge in [0.05, 0.1) is 5.56 Å². The molecule has 3 N–H and O–H groups in total. The number of allylic oxidation sites excluding steroid dienone is 2. The van der Waals surface area contributed by atoms with Crippen molar-refractivity contribution in [3.8, 4) is 5.75 Å². The molecule has 2 aliphatic carbocycles. The largest absolute Gasteiger partial charge is 0.508 e. The van der Waals surface area contributed by atoms with Crippen molar-refractivity contribution >= 4 is 33.3 Å². The lowest BCUT2D eigenvalue weighted by Crippen LogP contribution is -2.43. The summed E-state index contributed by atoms with van der Waals surface area (Å²) in [7, 11) is 0. The van der Waals surface area contributed by atoms with E-state index in [4.69, 9.17) is 5.11 Å². The highest BCUT2D eigenvalue weighted by Gasteiger charge is 2.47. The van der Waals surface area contributed by atoms with Crippen molar-refractivity contribution in [3.05, 3.63) is 41.3 Å². The SMILES string of the molecule is O=C(O)CCC/C=C\CC1C(NC(=O)c2csc3ccc(O)cc23)C2CC[C@@H]1C2. The van der Waals surface area contributed by atoms with Gasteiger partial charge in [0.15, 0.2) is 0 Å². The number of phenols is 1. The van der Waals surface area contributed by atoms with Crippen LogP contribution in [0.5, 0.6) is 5.75 Å². The van der Waals surface area contributed by atoms with Crippen LogP contribution in [-0.2, 0) is 4.79 Å². The fraction of sp³-hybridized carbons (Fsp3) is 0.478. The molecule has 2 aliphatic rings. The molecule has 0 saturated heterocycles. The summed E-state index contributed by atoms with van der Waals surface area (Å²) in [5.74, 6) is 1.05. The van der Waals surface area contributed by atoms with E-state index in [1.165, 1.54) is 30.6 Å². The Morgan fingerprint density at radius 2 is 2.03 bits per heavy atom. The number of carboxylic acids is 1. The number of carboxylic acid groups (broad SMARTS) is 1. The Kier molecular flexibility index (Phi) is 5.90. The average Bonchev–Trinajstić information content (AvgIpc) is 3.39. The predicted molar refractivity (Wildman–Crippen MR) is 114 cm³/mol. The van der Waals surface area contributed by atoms with Crippen LogP contribution in [0.25, 0.3) is 10.1 Å². The van der Waals surface area contributed by atoms with Gasteiger partial charge in [0.25, 0.3) is 5.91 Å². The number of phenolic OH excluding ortho intramolecular Hbond substituents is 1. The summed E-state index contributed by atoms with van der Waals surface area (Å²) >= 11 is 1.52. The Morgan fingerprint density at radius 3 is 2.86 bits per heavy atom. The van der Waals surface area contributed by atoms with Crippen LogP contribution in [0, 0.1) is 17.8 Å². The average molecular weight is 414 g/mol. The smallest absolute Gasteiger partial charge is 0.303 e. The zero-order valence-corrected chi connectivity index (χ0v) is 17.2. The number of thiophene rings is 1. The molecule has 1 aromatic heterocycles. The summed E-state index contributed by atoms with van der Waals surface area (Å²) in [6.45, 7) is 0. The number of unbranched alkanes of at least 4 members (excludes halogenated alkanes) is 1. The molecule has 2 aromatic rings. The zero-order valence-electron chi connectivity index (χ0n) is 16.3. The summed E-state index contributed by atoms with van der Waals surface area (Å²) in [6, 6.07) is 5.35. The molecule has 5 nitrogen and oxygen atoms in total. The Morgan fingerprint density at radius 1 is 1.21 bits per heavy atom. The van der Waals surface area contributed by atoms with Gasteiger partial charge in [0.2, 0.25) is 0 Å². The molecule has 2 fully saturated rings. The number of carbonyl (C=O) groups excluding carboxylic acids is 1. The van der Waals surface area contributed by atoms with Crippen molar-refractivity contribution in [2.75, 3.05) is 0 Å². The van der Waals surface area contributed by atoms with E-state index in [2.05, 4.69) is 17.5 Å².